The van der Waals surface area contributed by atoms with Gasteiger partial charge < -0.3 is 14.6 Å². The SMILES string of the molecule is COc1cc2c(cc1C(=O)Nc1cccc(-c3nnc4n3[C@@H](C)CC4)n1)CN(S(=O)(=O)CCC(F)(F)F)CC2. The van der Waals surface area contributed by atoms with E-state index in [0.717, 1.165) is 28.5 Å². The molecule has 2 aliphatic rings. The van der Waals surface area contributed by atoms with E-state index in [-0.39, 0.29) is 36.9 Å². The number of aryl methyl sites for hydroxylation is 1. The van der Waals surface area contributed by atoms with E-state index in [1.165, 1.54) is 13.2 Å². The van der Waals surface area contributed by atoms with Crippen molar-refractivity contribution in [1.82, 2.24) is 24.1 Å². The molecule has 0 aliphatic carbocycles. The number of halogens is 3. The van der Waals surface area contributed by atoms with Crippen molar-refractivity contribution in [2.45, 2.75) is 51.4 Å². The smallest absolute Gasteiger partial charge is 0.390 e. The van der Waals surface area contributed by atoms with Crippen molar-refractivity contribution in [3.63, 3.8) is 0 Å². The number of pyridine rings is 1. The average molecular weight is 565 g/mol. The molecule has 39 heavy (non-hydrogen) atoms. The molecule has 10 nitrogen and oxygen atoms in total. The lowest BCUT2D eigenvalue weighted by Gasteiger charge is -2.29. The second-order valence-electron chi connectivity index (χ2n) is 9.65. The van der Waals surface area contributed by atoms with Gasteiger partial charge in [-0.1, -0.05) is 6.07 Å². The van der Waals surface area contributed by atoms with Gasteiger partial charge in [0.2, 0.25) is 10.0 Å². The highest BCUT2D eigenvalue weighted by molar-refractivity contribution is 7.89. The highest BCUT2D eigenvalue weighted by atomic mass is 32.2. The molecule has 0 fully saturated rings. The second kappa shape index (κ2) is 10.2. The van der Waals surface area contributed by atoms with Gasteiger partial charge in [0.15, 0.2) is 5.82 Å². The lowest BCUT2D eigenvalue weighted by molar-refractivity contribution is -0.130. The lowest BCUT2D eigenvalue weighted by Crippen LogP contribution is -2.38. The van der Waals surface area contributed by atoms with E-state index < -0.39 is 34.3 Å². The van der Waals surface area contributed by atoms with Crippen LogP contribution in [0.1, 0.15) is 53.1 Å². The normalized spacial score (nSPS) is 17.5. The Balaban J connectivity index is 1.37. The van der Waals surface area contributed by atoms with Crippen LogP contribution in [-0.4, -0.2) is 64.0 Å². The molecule has 0 saturated heterocycles. The molecule has 1 N–H and O–H groups in total. The van der Waals surface area contributed by atoms with Gasteiger partial charge in [0.05, 0.1) is 24.8 Å². The number of nitrogens with zero attached hydrogens (tertiary/aromatic N) is 5. The number of hydrogen-bond donors (Lipinski definition) is 1. The zero-order valence-corrected chi connectivity index (χ0v) is 22.1. The van der Waals surface area contributed by atoms with Crippen LogP contribution in [0.15, 0.2) is 30.3 Å². The van der Waals surface area contributed by atoms with Crippen LogP contribution in [0, 0.1) is 0 Å². The molecule has 208 valence electrons. The number of alkyl halides is 3. The van der Waals surface area contributed by atoms with Crippen molar-refractivity contribution in [2.24, 2.45) is 0 Å². The molecule has 0 saturated carbocycles. The van der Waals surface area contributed by atoms with Crippen LogP contribution >= 0.6 is 0 Å². The van der Waals surface area contributed by atoms with E-state index >= 15 is 0 Å². The van der Waals surface area contributed by atoms with Crippen molar-refractivity contribution in [3.8, 4) is 17.3 Å². The molecule has 0 bridgehead atoms. The Bertz CT molecular complexity index is 1520. The summed E-state index contributed by atoms with van der Waals surface area (Å²) in [5.41, 5.74) is 1.99. The monoisotopic (exact) mass is 564 g/mol. The molecule has 0 spiro atoms. The number of carbonyl (C=O) groups excluding carboxylic acids is 1. The van der Waals surface area contributed by atoms with Crippen LogP contribution < -0.4 is 10.1 Å². The zero-order valence-electron chi connectivity index (χ0n) is 21.3. The number of rotatable bonds is 7. The third kappa shape index (κ3) is 5.62. The van der Waals surface area contributed by atoms with E-state index in [0.29, 0.717) is 22.8 Å². The van der Waals surface area contributed by atoms with Crippen molar-refractivity contribution < 1.29 is 31.1 Å². The molecule has 5 rings (SSSR count). The molecule has 4 heterocycles. The van der Waals surface area contributed by atoms with Crippen molar-refractivity contribution in [1.29, 1.82) is 0 Å². The fraction of sp³-hybridized carbons (Fsp3) is 0.440. The Kier molecular flexibility index (Phi) is 7.10. The fourth-order valence-corrected chi connectivity index (χ4v) is 6.38. The first kappa shape index (κ1) is 27.1. The van der Waals surface area contributed by atoms with Crippen LogP contribution in [0.25, 0.3) is 11.5 Å². The Morgan fingerprint density at radius 1 is 1.18 bits per heavy atom. The summed E-state index contributed by atoms with van der Waals surface area (Å²) in [6.45, 7) is 1.99. The van der Waals surface area contributed by atoms with E-state index in [9.17, 15) is 26.4 Å². The number of hydrogen-bond acceptors (Lipinski definition) is 7. The predicted octanol–water partition coefficient (Wildman–Crippen LogP) is 3.75. The van der Waals surface area contributed by atoms with Crippen LogP contribution in [0.2, 0.25) is 0 Å². The lowest BCUT2D eigenvalue weighted by atomic mass is 9.97. The van der Waals surface area contributed by atoms with Gasteiger partial charge in [0, 0.05) is 25.6 Å². The number of nitrogens with one attached hydrogen (secondary N) is 1. The Labute approximate surface area is 223 Å². The predicted molar refractivity (Wildman–Crippen MR) is 136 cm³/mol. The van der Waals surface area contributed by atoms with Crippen LogP contribution in [-0.2, 0) is 29.4 Å². The first-order valence-electron chi connectivity index (χ1n) is 12.4. The molecule has 14 heteroatoms. The van der Waals surface area contributed by atoms with E-state index in [1.54, 1.807) is 24.3 Å². The van der Waals surface area contributed by atoms with Crippen LogP contribution in [0.4, 0.5) is 19.0 Å². The summed E-state index contributed by atoms with van der Waals surface area (Å²) >= 11 is 0. The largest absolute Gasteiger partial charge is 0.496 e. The zero-order chi connectivity index (χ0) is 27.9. The maximum Gasteiger partial charge on any atom is 0.390 e. The number of aromatic nitrogens is 4. The molecule has 0 unspecified atom stereocenters. The highest BCUT2D eigenvalue weighted by Gasteiger charge is 2.34. The number of ether oxygens (including phenoxy) is 1. The minimum atomic E-state index is -4.57. The third-order valence-electron chi connectivity index (χ3n) is 6.99. The number of methoxy groups -OCH3 is 1. The number of carbonyl (C=O) groups is 1. The Hall–Kier alpha value is -3.52. The molecule has 0 radical (unpaired) electrons. The second-order valence-corrected chi connectivity index (χ2v) is 11.7. The average Bonchev–Trinajstić information content (AvgIpc) is 3.49. The summed E-state index contributed by atoms with van der Waals surface area (Å²) in [6.07, 6.45) is -3.91. The number of amides is 1. The molecule has 3 aromatic rings. The topological polar surface area (TPSA) is 119 Å². The summed E-state index contributed by atoms with van der Waals surface area (Å²) in [5.74, 6) is 0.518. The standard InChI is InChI=1S/C25H27F3N6O4S/c1-15-6-7-22-31-32-23(34(15)22)19-4-3-5-21(29-19)30-24(35)18-12-17-14-33(10-8-16(17)13-20(18)38-2)39(36,37)11-9-25(26,27)28/h3-5,12-13,15H,6-11,14H2,1-2H3,(H,29,30,35)/t15-/m0/s1. The molecule has 2 aromatic heterocycles. The minimum absolute atomic E-state index is 0.0452. The summed E-state index contributed by atoms with van der Waals surface area (Å²) in [7, 11) is -2.72. The number of benzene rings is 1. The Morgan fingerprint density at radius 3 is 2.72 bits per heavy atom. The summed E-state index contributed by atoms with van der Waals surface area (Å²) in [5, 5.41) is 11.3. The summed E-state index contributed by atoms with van der Waals surface area (Å²) in [6, 6.07) is 8.58. The van der Waals surface area contributed by atoms with Crippen molar-refractivity contribution in [2.75, 3.05) is 24.7 Å². The first-order chi connectivity index (χ1) is 18.4. The van der Waals surface area contributed by atoms with E-state index in [1.807, 2.05) is 4.57 Å². The van der Waals surface area contributed by atoms with Crippen molar-refractivity contribution >= 4 is 21.7 Å². The molecule has 1 atom stereocenters. The van der Waals surface area contributed by atoms with Crippen molar-refractivity contribution in [3.05, 3.63) is 52.8 Å². The Morgan fingerprint density at radius 2 is 1.97 bits per heavy atom. The van der Waals surface area contributed by atoms with Gasteiger partial charge in [-0.05, 0) is 55.2 Å². The quantitative estimate of drug-likeness (QED) is 0.464. The maximum atomic E-state index is 13.3. The minimum Gasteiger partial charge on any atom is -0.496 e. The molecular formula is C25H27F3N6O4S. The number of sulfonamides is 1. The van der Waals surface area contributed by atoms with Gasteiger partial charge in [-0.15, -0.1) is 10.2 Å². The van der Waals surface area contributed by atoms with E-state index in [2.05, 4.69) is 27.4 Å². The molecule has 1 aromatic carbocycles. The molecular weight excluding hydrogens is 537 g/mol. The van der Waals surface area contributed by atoms with Gasteiger partial charge in [-0.2, -0.15) is 17.5 Å². The molecule has 1 amide bonds. The van der Waals surface area contributed by atoms with Gasteiger partial charge in [-0.25, -0.2) is 13.4 Å². The number of anilines is 1. The van der Waals surface area contributed by atoms with Gasteiger partial charge in [-0.3, -0.25) is 4.79 Å². The van der Waals surface area contributed by atoms with Crippen LogP contribution in [0.5, 0.6) is 5.75 Å². The summed E-state index contributed by atoms with van der Waals surface area (Å²) in [4.78, 5) is 17.8. The maximum absolute atomic E-state index is 13.3. The molecule has 2 aliphatic heterocycles. The van der Waals surface area contributed by atoms with Gasteiger partial charge in [0.25, 0.3) is 5.91 Å². The van der Waals surface area contributed by atoms with Gasteiger partial charge >= 0.3 is 6.18 Å². The highest BCUT2D eigenvalue weighted by Crippen LogP contribution is 2.32. The first-order valence-corrected chi connectivity index (χ1v) is 14.0. The fourth-order valence-electron chi connectivity index (χ4n) is 4.93. The third-order valence-corrected chi connectivity index (χ3v) is 8.81. The van der Waals surface area contributed by atoms with Crippen LogP contribution in [0.3, 0.4) is 0 Å². The number of fused-ring (bicyclic) bond motifs is 2. The van der Waals surface area contributed by atoms with E-state index in [4.69, 9.17) is 4.74 Å². The summed E-state index contributed by atoms with van der Waals surface area (Å²) < 4.78 is 71.5. The van der Waals surface area contributed by atoms with Gasteiger partial charge in [0.1, 0.15) is 23.1 Å².